The van der Waals surface area contributed by atoms with Crippen molar-refractivity contribution in [2.75, 3.05) is 12.4 Å². The molecule has 0 bridgehead atoms. The third-order valence-corrected chi connectivity index (χ3v) is 4.48. The number of carbonyl (C=O) groups is 1. The fourth-order valence-corrected chi connectivity index (χ4v) is 2.67. The molecule has 0 aliphatic carbocycles. The molecule has 4 heteroatoms. The van der Waals surface area contributed by atoms with Gasteiger partial charge in [0.15, 0.2) is 0 Å². The largest absolute Gasteiger partial charge is 0.481 e. The van der Waals surface area contributed by atoms with Crippen molar-refractivity contribution in [3.8, 4) is 0 Å². The summed E-state index contributed by atoms with van der Waals surface area (Å²) in [7, 11) is 0. The van der Waals surface area contributed by atoms with Gasteiger partial charge in [-0.05, 0) is 27.2 Å². The second kappa shape index (κ2) is 4.53. The molecule has 0 amide bonds. The highest BCUT2D eigenvalue weighted by atomic mass is 32.2. The number of carboxylic acids is 1. The maximum Gasteiger partial charge on any atom is 0.309 e. The van der Waals surface area contributed by atoms with Gasteiger partial charge >= 0.3 is 5.97 Å². The van der Waals surface area contributed by atoms with Crippen LogP contribution in [0, 0.1) is 5.41 Å². The van der Waals surface area contributed by atoms with E-state index in [0.29, 0.717) is 11.0 Å². The molecule has 1 heterocycles. The molecule has 0 spiro atoms. The number of aliphatic carboxylic acids is 1. The molecular formula is C10H18O3S. The molecule has 2 atom stereocenters. The van der Waals surface area contributed by atoms with E-state index in [2.05, 4.69) is 6.92 Å². The van der Waals surface area contributed by atoms with Crippen LogP contribution in [0.15, 0.2) is 0 Å². The Labute approximate surface area is 89.2 Å². The predicted octanol–water partition coefficient (Wildman–Crippen LogP) is 2.01. The van der Waals surface area contributed by atoms with Gasteiger partial charge in [-0.25, -0.2) is 0 Å². The molecular weight excluding hydrogens is 200 g/mol. The second-order valence-corrected chi connectivity index (χ2v) is 5.63. The molecule has 0 aromatic heterocycles. The summed E-state index contributed by atoms with van der Waals surface area (Å²) in [5, 5.41) is 9.40. The summed E-state index contributed by atoms with van der Waals surface area (Å²) in [6.07, 6.45) is 1.31. The van der Waals surface area contributed by atoms with Crippen LogP contribution in [0.25, 0.3) is 0 Å². The van der Waals surface area contributed by atoms with E-state index in [0.717, 1.165) is 13.0 Å². The van der Waals surface area contributed by atoms with Gasteiger partial charge in [-0.1, -0.05) is 0 Å². The van der Waals surface area contributed by atoms with Crippen LogP contribution in [0.4, 0.5) is 0 Å². The van der Waals surface area contributed by atoms with Crippen molar-refractivity contribution in [3.05, 3.63) is 0 Å². The molecule has 0 aromatic rings. The highest BCUT2D eigenvalue weighted by Gasteiger charge is 2.31. The van der Waals surface area contributed by atoms with E-state index in [4.69, 9.17) is 9.84 Å². The molecule has 14 heavy (non-hydrogen) atoms. The Morgan fingerprint density at radius 3 is 2.71 bits per heavy atom. The van der Waals surface area contributed by atoms with E-state index in [1.54, 1.807) is 25.6 Å². The lowest BCUT2D eigenvalue weighted by atomic mass is 9.97. The minimum atomic E-state index is -0.725. The standard InChI is InChI=1S/C10H18O3S/c1-7-8(4-5-13-7)14-6-10(2,3)9(11)12/h7-8H,4-6H2,1-3H3,(H,11,12). The summed E-state index contributed by atoms with van der Waals surface area (Å²) >= 11 is 1.72. The summed E-state index contributed by atoms with van der Waals surface area (Å²) < 4.78 is 5.42. The molecule has 2 unspecified atom stereocenters. The third-order valence-electron chi connectivity index (χ3n) is 2.54. The third kappa shape index (κ3) is 2.89. The lowest BCUT2D eigenvalue weighted by Gasteiger charge is -2.21. The fourth-order valence-electron chi connectivity index (χ4n) is 1.31. The first-order valence-electron chi connectivity index (χ1n) is 4.90. The van der Waals surface area contributed by atoms with E-state index in [1.807, 2.05) is 0 Å². The van der Waals surface area contributed by atoms with Gasteiger partial charge in [0.1, 0.15) is 0 Å². The van der Waals surface area contributed by atoms with Crippen molar-refractivity contribution in [2.45, 2.75) is 38.5 Å². The topological polar surface area (TPSA) is 46.5 Å². The van der Waals surface area contributed by atoms with Crippen molar-refractivity contribution >= 4 is 17.7 Å². The molecule has 0 aromatic carbocycles. The normalized spacial score (nSPS) is 27.9. The molecule has 0 radical (unpaired) electrons. The van der Waals surface area contributed by atoms with Gasteiger partial charge in [-0.15, -0.1) is 0 Å². The maximum atomic E-state index is 10.9. The average Bonchev–Trinajstić information content (AvgIpc) is 2.47. The molecule has 1 aliphatic rings. The van der Waals surface area contributed by atoms with Gasteiger partial charge in [-0.2, -0.15) is 11.8 Å². The molecule has 1 saturated heterocycles. The van der Waals surface area contributed by atoms with Crippen LogP contribution in [0.3, 0.4) is 0 Å². The summed E-state index contributed by atoms with van der Waals surface area (Å²) in [5.41, 5.74) is -0.632. The highest BCUT2D eigenvalue weighted by Crippen LogP contribution is 2.31. The zero-order valence-corrected chi connectivity index (χ0v) is 9.76. The quantitative estimate of drug-likeness (QED) is 0.784. The minimum absolute atomic E-state index is 0.268. The Morgan fingerprint density at radius 1 is 1.64 bits per heavy atom. The van der Waals surface area contributed by atoms with Gasteiger partial charge < -0.3 is 9.84 Å². The number of hydrogen-bond acceptors (Lipinski definition) is 3. The molecule has 1 rings (SSSR count). The first kappa shape index (κ1) is 11.9. The Hall–Kier alpha value is -0.220. The van der Waals surface area contributed by atoms with Crippen molar-refractivity contribution in [1.29, 1.82) is 0 Å². The van der Waals surface area contributed by atoms with Crippen LogP contribution < -0.4 is 0 Å². The summed E-state index contributed by atoms with van der Waals surface area (Å²) in [6.45, 7) is 6.40. The molecule has 82 valence electrons. The smallest absolute Gasteiger partial charge is 0.309 e. The summed E-state index contributed by atoms with van der Waals surface area (Å²) in [4.78, 5) is 10.9. The Morgan fingerprint density at radius 2 is 2.29 bits per heavy atom. The molecule has 3 nitrogen and oxygen atoms in total. The monoisotopic (exact) mass is 218 g/mol. The lowest BCUT2D eigenvalue weighted by molar-refractivity contribution is -0.145. The summed E-state index contributed by atoms with van der Waals surface area (Å²) in [5.74, 6) is -0.0719. The average molecular weight is 218 g/mol. The zero-order chi connectivity index (χ0) is 10.8. The number of hydrogen-bond donors (Lipinski definition) is 1. The zero-order valence-electron chi connectivity index (χ0n) is 8.95. The van der Waals surface area contributed by atoms with Crippen molar-refractivity contribution in [2.24, 2.45) is 5.41 Å². The molecule has 1 aliphatic heterocycles. The number of ether oxygens (including phenoxy) is 1. The van der Waals surface area contributed by atoms with Gasteiger partial charge in [0, 0.05) is 17.6 Å². The van der Waals surface area contributed by atoms with Crippen LogP contribution in [0.2, 0.25) is 0 Å². The van der Waals surface area contributed by atoms with E-state index in [-0.39, 0.29) is 6.10 Å². The minimum Gasteiger partial charge on any atom is -0.481 e. The summed E-state index contributed by atoms with van der Waals surface area (Å²) in [6, 6.07) is 0. The number of carboxylic acid groups (broad SMARTS) is 1. The molecule has 1 fully saturated rings. The van der Waals surface area contributed by atoms with Crippen molar-refractivity contribution in [3.63, 3.8) is 0 Å². The van der Waals surface area contributed by atoms with E-state index in [1.165, 1.54) is 0 Å². The van der Waals surface area contributed by atoms with Crippen molar-refractivity contribution < 1.29 is 14.6 Å². The van der Waals surface area contributed by atoms with E-state index >= 15 is 0 Å². The van der Waals surface area contributed by atoms with Crippen molar-refractivity contribution in [1.82, 2.24) is 0 Å². The Bertz CT molecular complexity index is 215. The van der Waals surface area contributed by atoms with Gasteiger partial charge in [0.2, 0.25) is 0 Å². The molecule has 1 N–H and O–H groups in total. The Kier molecular flexibility index (Phi) is 3.84. The van der Waals surface area contributed by atoms with E-state index in [9.17, 15) is 4.79 Å². The van der Waals surface area contributed by atoms with Crippen LogP contribution in [0.5, 0.6) is 0 Å². The number of rotatable bonds is 4. The second-order valence-electron chi connectivity index (χ2n) is 4.40. The van der Waals surface area contributed by atoms with Gasteiger partial charge in [0.25, 0.3) is 0 Å². The van der Waals surface area contributed by atoms with Crippen LogP contribution in [0.1, 0.15) is 27.2 Å². The van der Waals surface area contributed by atoms with E-state index < -0.39 is 11.4 Å². The van der Waals surface area contributed by atoms with Crippen LogP contribution >= 0.6 is 11.8 Å². The predicted molar refractivity (Wildman–Crippen MR) is 57.7 cm³/mol. The first-order chi connectivity index (χ1) is 6.43. The molecule has 0 saturated carbocycles. The van der Waals surface area contributed by atoms with Gasteiger partial charge in [0.05, 0.1) is 11.5 Å². The fraction of sp³-hybridized carbons (Fsp3) is 0.900. The first-order valence-corrected chi connectivity index (χ1v) is 5.95. The SMILES string of the molecule is CC1OCCC1SCC(C)(C)C(=O)O. The van der Waals surface area contributed by atoms with Crippen LogP contribution in [-0.2, 0) is 9.53 Å². The lowest BCUT2D eigenvalue weighted by Crippen LogP contribution is -2.28. The highest BCUT2D eigenvalue weighted by molar-refractivity contribution is 8.00. The van der Waals surface area contributed by atoms with Gasteiger partial charge in [-0.3, -0.25) is 4.79 Å². The number of thioether (sulfide) groups is 1. The Balaban J connectivity index is 2.36. The van der Waals surface area contributed by atoms with Crippen LogP contribution in [-0.4, -0.2) is 34.8 Å². The maximum absolute atomic E-state index is 10.9.